The molecule has 1 N–H and O–H groups in total. The normalized spacial score (nSPS) is 12.4. The number of hydrogen-bond donors (Lipinski definition) is 1. The summed E-state index contributed by atoms with van der Waals surface area (Å²) in [5.74, 6) is 0.347. The third-order valence-electron chi connectivity index (χ3n) is 3.29. The summed E-state index contributed by atoms with van der Waals surface area (Å²) in [7, 11) is -3.24. The molecule has 0 aliphatic rings. The van der Waals surface area contributed by atoms with Crippen molar-refractivity contribution in [1.82, 2.24) is 0 Å². The van der Waals surface area contributed by atoms with Crippen molar-refractivity contribution in [3.05, 3.63) is 54.6 Å². The monoisotopic (exact) mass is 333 g/mol. The van der Waals surface area contributed by atoms with Gasteiger partial charge in [0, 0.05) is 5.69 Å². The Bertz CT molecular complexity index is 755. The van der Waals surface area contributed by atoms with E-state index in [0.29, 0.717) is 11.4 Å². The quantitative estimate of drug-likeness (QED) is 0.882. The van der Waals surface area contributed by atoms with Gasteiger partial charge in [-0.1, -0.05) is 25.1 Å². The summed E-state index contributed by atoms with van der Waals surface area (Å²) in [5.41, 5.74) is 0.522. The van der Waals surface area contributed by atoms with Crippen LogP contribution >= 0.6 is 0 Å². The SMILES string of the molecule is CCS(=O)(=O)c1ccc(NC(=O)C(C)Oc2ccccc2)cc1. The van der Waals surface area contributed by atoms with Gasteiger partial charge in [-0.3, -0.25) is 4.79 Å². The van der Waals surface area contributed by atoms with Crippen molar-refractivity contribution in [3.8, 4) is 5.75 Å². The molecule has 0 aromatic heterocycles. The fourth-order valence-electron chi connectivity index (χ4n) is 1.91. The molecule has 5 nitrogen and oxygen atoms in total. The Labute approximate surface area is 136 Å². The molecular formula is C17H19NO4S. The topological polar surface area (TPSA) is 72.5 Å². The number of ether oxygens (including phenoxy) is 1. The lowest BCUT2D eigenvalue weighted by Gasteiger charge is -2.14. The molecule has 2 aromatic rings. The molecule has 1 amide bonds. The highest BCUT2D eigenvalue weighted by Crippen LogP contribution is 2.16. The van der Waals surface area contributed by atoms with Gasteiger partial charge < -0.3 is 10.1 Å². The first-order valence-corrected chi connectivity index (χ1v) is 8.93. The Morgan fingerprint density at radius 1 is 1.09 bits per heavy atom. The van der Waals surface area contributed by atoms with Crippen LogP contribution in [0.15, 0.2) is 59.5 Å². The zero-order valence-electron chi connectivity index (χ0n) is 13.0. The number of hydrogen-bond acceptors (Lipinski definition) is 4. The number of benzene rings is 2. The molecule has 0 aliphatic carbocycles. The van der Waals surface area contributed by atoms with Crippen LogP contribution in [0.3, 0.4) is 0 Å². The first-order valence-electron chi connectivity index (χ1n) is 7.28. The van der Waals surface area contributed by atoms with E-state index >= 15 is 0 Å². The second kappa shape index (κ2) is 7.28. The minimum atomic E-state index is -3.24. The predicted octanol–water partition coefficient (Wildman–Crippen LogP) is 2.89. The molecule has 0 fully saturated rings. The summed E-state index contributed by atoms with van der Waals surface area (Å²) in [6.45, 7) is 3.24. The van der Waals surface area contributed by atoms with Crippen LogP contribution in [0.4, 0.5) is 5.69 Å². The molecule has 0 saturated heterocycles. The van der Waals surface area contributed by atoms with Gasteiger partial charge in [0.2, 0.25) is 0 Å². The van der Waals surface area contributed by atoms with Crippen molar-refractivity contribution in [2.75, 3.05) is 11.1 Å². The van der Waals surface area contributed by atoms with E-state index in [9.17, 15) is 13.2 Å². The average Bonchev–Trinajstić information content (AvgIpc) is 2.56. The number of sulfone groups is 1. The van der Waals surface area contributed by atoms with E-state index in [4.69, 9.17) is 4.74 Å². The Hall–Kier alpha value is -2.34. The number of carbonyl (C=O) groups is 1. The Morgan fingerprint density at radius 2 is 1.70 bits per heavy atom. The predicted molar refractivity (Wildman–Crippen MR) is 89.3 cm³/mol. The van der Waals surface area contributed by atoms with Crippen molar-refractivity contribution in [2.24, 2.45) is 0 Å². The van der Waals surface area contributed by atoms with Crippen LogP contribution in [0.2, 0.25) is 0 Å². The lowest BCUT2D eigenvalue weighted by Crippen LogP contribution is -2.30. The lowest BCUT2D eigenvalue weighted by atomic mass is 10.3. The van der Waals surface area contributed by atoms with Gasteiger partial charge in [0.1, 0.15) is 5.75 Å². The van der Waals surface area contributed by atoms with Crippen molar-refractivity contribution >= 4 is 21.4 Å². The summed E-state index contributed by atoms with van der Waals surface area (Å²) in [4.78, 5) is 12.3. The van der Waals surface area contributed by atoms with E-state index in [-0.39, 0.29) is 16.6 Å². The van der Waals surface area contributed by atoms with Gasteiger partial charge in [-0.2, -0.15) is 0 Å². The molecule has 0 radical (unpaired) electrons. The Morgan fingerprint density at radius 3 is 2.26 bits per heavy atom. The van der Waals surface area contributed by atoms with Crippen LogP contribution in [-0.4, -0.2) is 26.2 Å². The number of nitrogens with one attached hydrogen (secondary N) is 1. The molecule has 0 spiro atoms. The van der Waals surface area contributed by atoms with Crippen molar-refractivity contribution in [3.63, 3.8) is 0 Å². The van der Waals surface area contributed by atoms with Gasteiger partial charge in [-0.05, 0) is 43.3 Å². The summed E-state index contributed by atoms with van der Waals surface area (Å²) < 4.78 is 29.0. The first-order chi connectivity index (χ1) is 10.9. The molecule has 0 heterocycles. The van der Waals surface area contributed by atoms with Crippen molar-refractivity contribution < 1.29 is 17.9 Å². The molecule has 0 bridgehead atoms. The van der Waals surface area contributed by atoms with Crippen LogP contribution in [0, 0.1) is 0 Å². The van der Waals surface area contributed by atoms with E-state index in [1.165, 1.54) is 12.1 Å². The minimum Gasteiger partial charge on any atom is -0.481 e. The fourth-order valence-corrected chi connectivity index (χ4v) is 2.80. The van der Waals surface area contributed by atoms with E-state index in [2.05, 4.69) is 5.32 Å². The standard InChI is InChI=1S/C17H19NO4S/c1-3-23(20,21)16-11-9-14(10-12-16)18-17(19)13(2)22-15-7-5-4-6-8-15/h4-13H,3H2,1-2H3,(H,18,19). The van der Waals surface area contributed by atoms with Crippen LogP contribution in [0.1, 0.15) is 13.8 Å². The van der Waals surface area contributed by atoms with Gasteiger partial charge in [0.05, 0.1) is 10.6 Å². The number of anilines is 1. The van der Waals surface area contributed by atoms with Gasteiger partial charge in [-0.15, -0.1) is 0 Å². The summed E-state index contributed by atoms with van der Waals surface area (Å²) in [5, 5.41) is 2.70. The molecule has 6 heteroatoms. The average molecular weight is 333 g/mol. The van der Waals surface area contributed by atoms with Gasteiger partial charge in [0.25, 0.3) is 5.91 Å². The lowest BCUT2D eigenvalue weighted by molar-refractivity contribution is -0.122. The maximum Gasteiger partial charge on any atom is 0.265 e. The second-order valence-electron chi connectivity index (χ2n) is 4.99. The minimum absolute atomic E-state index is 0.0423. The number of carbonyl (C=O) groups excluding carboxylic acids is 1. The Kier molecular flexibility index (Phi) is 5.39. The fraction of sp³-hybridized carbons (Fsp3) is 0.235. The van der Waals surface area contributed by atoms with Crippen LogP contribution in [0.25, 0.3) is 0 Å². The molecule has 0 saturated carbocycles. The van der Waals surface area contributed by atoms with Gasteiger partial charge in [-0.25, -0.2) is 8.42 Å². The summed E-state index contributed by atoms with van der Waals surface area (Å²) in [6.07, 6.45) is -0.670. The zero-order valence-corrected chi connectivity index (χ0v) is 13.8. The molecule has 1 unspecified atom stereocenters. The number of amides is 1. The third-order valence-corrected chi connectivity index (χ3v) is 5.04. The van der Waals surface area contributed by atoms with E-state index < -0.39 is 15.9 Å². The Balaban J connectivity index is 2.00. The maximum atomic E-state index is 12.1. The first kappa shape index (κ1) is 17.0. The smallest absolute Gasteiger partial charge is 0.265 e. The highest BCUT2D eigenvalue weighted by Gasteiger charge is 2.16. The molecule has 122 valence electrons. The van der Waals surface area contributed by atoms with Crippen molar-refractivity contribution in [1.29, 1.82) is 0 Å². The van der Waals surface area contributed by atoms with Crippen LogP contribution in [-0.2, 0) is 14.6 Å². The van der Waals surface area contributed by atoms with Gasteiger partial charge >= 0.3 is 0 Å². The highest BCUT2D eigenvalue weighted by molar-refractivity contribution is 7.91. The second-order valence-corrected chi connectivity index (χ2v) is 7.27. The third kappa shape index (κ3) is 4.56. The molecule has 23 heavy (non-hydrogen) atoms. The highest BCUT2D eigenvalue weighted by atomic mass is 32.2. The van der Waals surface area contributed by atoms with Gasteiger partial charge in [0.15, 0.2) is 15.9 Å². The van der Waals surface area contributed by atoms with Crippen LogP contribution < -0.4 is 10.1 Å². The van der Waals surface area contributed by atoms with E-state index in [0.717, 1.165) is 0 Å². The maximum absolute atomic E-state index is 12.1. The van der Waals surface area contributed by atoms with Crippen molar-refractivity contribution in [2.45, 2.75) is 24.8 Å². The zero-order chi connectivity index (χ0) is 16.9. The molecule has 2 aromatic carbocycles. The number of rotatable bonds is 6. The number of para-hydroxylation sites is 1. The summed E-state index contributed by atoms with van der Waals surface area (Å²) in [6, 6.07) is 15.2. The molecular weight excluding hydrogens is 314 g/mol. The largest absolute Gasteiger partial charge is 0.481 e. The molecule has 0 aliphatic heterocycles. The summed E-state index contributed by atoms with van der Waals surface area (Å²) >= 11 is 0. The molecule has 2 rings (SSSR count). The van der Waals surface area contributed by atoms with E-state index in [1.807, 2.05) is 18.2 Å². The van der Waals surface area contributed by atoms with Crippen LogP contribution in [0.5, 0.6) is 5.75 Å². The van der Waals surface area contributed by atoms with E-state index in [1.54, 1.807) is 38.1 Å². The molecule has 1 atom stereocenters.